The Bertz CT molecular complexity index is 1970. The summed E-state index contributed by atoms with van der Waals surface area (Å²) in [5.41, 5.74) is 0. The number of carbonyl (C=O) groups is 4. The summed E-state index contributed by atoms with van der Waals surface area (Å²) in [5.74, 6) is 0.173. The lowest BCUT2D eigenvalue weighted by Crippen LogP contribution is -2.30. The third-order valence-corrected chi connectivity index (χ3v) is 21.3. The summed E-state index contributed by atoms with van der Waals surface area (Å²) in [6.45, 7) is 11.9. The number of hydrogen-bond donors (Lipinski definition) is 3. The Morgan fingerprint density at radius 3 is 0.667 bits per heavy atom. The lowest BCUT2D eigenvalue weighted by atomic mass is 10.0. The van der Waals surface area contributed by atoms with Crippen molar-refractivity contribution >= 4 is 39.5 Å². The molecule has 0 saturated carbocycles. The maximum atomic E-state index is 13.1. The Hall–Kier alpha value is -1.94. The van der Waals surface area contributed by atoms with Crippen molar-refractivity contribution in [3.8, 4) is 0 Å². The molecule has 0 amide bonds. The Kier molecular flexibility index (Phi) is 71.8. The van der Waals surface area contributed by atoms with Gasteiger partial charge in [0.2, 0.25) is 0 Å². The van der Waals surface area contributed by atoms with E-state index in [-0.39, 0.29) is 25.7 Å². The molecule has 102 heavy (non-hydrogen) atoms. The summed E-state index contributed by atoms with van der Waals surface area (Å²) in [6, 6.07) is 0. The summed E-state index contributed by atoms with van der Waals surface area (Å²) in [7, 11) is -9.92. The largest absolute Gasteiger partial charge is 0.472 e. The number of unbranched alkanes of at least 4 members (excludes halogenated alkanes) is 49. The molecule has 17 nitrogen and oxygen atoms in total. The molecular formula is C83H162O17P2. The molecule has 0 aromatic carbocycles. The van der Waals surface area contributed by atoms with E-state index < -0.39 is 97.5 Å². The quantitative estimate of drug-likeness (QED) is 0.0222. The van der Waals surface area contributed by atoms with Crippen LogP contribution in [0.1, 0.15) is 434 Å². The highest BCUT2D eigenvalue weighted by Crippen LogP contribution is 2.45. The maximum absolute atomic E-state index is 13.1. The van der Waals surface area contributed by atoms with Crippen molar-refractivity contribution in [1.29, 1.82) is 0 Å². The SMILES string of the molecule is CCCCCCCCCCCCCCCCCCCCCCCC(=O)O[C@H](COC(=O)CCCCCCCCCCCCCCCC(C)C)COP(=O)(O)OC[C@@H](O)COP(=O)(O)OC[C@@H](COC(=O)CCCCCCCCCCC(C)C)OC(=O)CCCCCCCCCCCCCC(C)C. The van der Waals surface area contributed by atoms with Crippen molar-refractivity contribution in [2.75, 3.05) is 39.6 Å². The standard InChI is InChI=1S/C83H162O17P2/c1-8-9-10-11-12-13-14-15-16-17-18-19-20-21-22-25-31-36-45-52-59-66-82(87)99-78(70-93-80(85)64-57-50-43-35-30-26-23-24-28-33-40-47-54-61-74(2)3)72-97-101(89,90)95-68-77(84)69-96-102(91,92)98-73-79(71-94-81(86)65-58-51-44-39-38-42-49-56-63-76(6)7)100-83(88)67-60-53-46-37-32-27-29-34-41-48-55-62-75(4)5/h74-79,84H,8-73H2,1-7H3,(H,89,90)(H,91,92)/t77-,78-,79-/m1/s1. The van der Waals surface area contributed by atoms with Crippen molar-refractivity contribution < 1.29 is 80.2 Å². The smallest absolute Gasteiger partial charge is 0.462 e. The van der Waals surface area contributed by atoms with Gasteiger partial charge in [-0.2, -0.15) is 0 Å². The predicted molar refractivity (Wildman–Crippen MR) is 418 cm³/mol. The zero-order chi connectivity index (χ0) is 75.1. The van der Waals surface area contributed by atoms with Gasteiger partial charge in [-0.05, 0) is 43.4 Å². The van der Waals surface area contributed by atoms with Crippen molar-refractivity contribution in [1.82, 2.24) is 0 Å². The molecule has 0 aliphatic heterocycles. The molecule has 0 aliphatic rings. The molecule has 3 N–H and O–H groups in total. The van der Waals surface area contributed by atoms with E-state index in [1.807, 2.05) is 0 Å². The number of esters is 4. The predicted octanol–water partition coefficient (Wildman–Crippen LogP) is 24.9. The first kappa shape index (κ1) is 100. The second-order valence-electron chi connectivity index (χ2n) is 31.3. The number of aliphatic hydroxyl groups excluding tert-OH is 1. The average Bonchev–Trinajstić information content (AvgIpc) is 0.912. The van der Waals surface area contributed by atoms with E-state index in [4.69, 9.17) is 37.0 Å². The molecule has 0 bridgehead atoms. The fourth-order valence-corrected chi connectivity index (χ4v) is 14.4. The van der Waals surface area contributed by atoms with Gasteiger partial charge in [0.05, 0.1) is 26.4 Å². The number of rotatable bonds is 81. The van der Waals surface area contributed by atoms with Gasteiger partial charge >= 0.3 is 39.5 Å². The number of carbonyl (C=O) groups excluding carboxylic acids is 4. The van der Waals surface area contributed by atoms with Gasteiger partial charge in [0.25, 0.3) is 0 Å². The van der Waals surface area contributed by atoms with E-state index in [9.17, 15) is 43.2 Å². The molecule has 5 atom stereocenters. The Morgan fingerprint density at radius 1 is 0.265 bits per heavy atom. The zero-order valence-electron chi connectivity index (χ0n) is 67.1. The van der Waals surface area contributed by atoms with Crippen LogP contribution in [0.5, 0.6) is 0 Å². The van der Waals surface area contributed by atoms with Crippen LogP contribution in [0.4, 0.5) is 0 Å². The number of hydrogen-bond acceptors (Lipinski definition) is 15. The van der Waals surface area contributed by atoms with Gasteiger partial charge in [-0.1, -0.05) is 382 Å². The minimum atomic E-state index is -4.96. The highest BCUT2D eigenvalue weighted by atomic mass is 31.2. The van der Waals surface area contributed by atoms with Crippen LogP contribution in [0.25, 0.3) is 0 Å². The van der Waals surface area contributed by atoms with E-state index >= 15 is 0 Å². The highest BCUT2D eigenvalue weighted by Gasteiger charge is 2.30. The molecule has 0 saturated heterocycles. The number of ether oxygens (including phenoxy) is 4. The van der Waals surface area contributed by atoms with E-state index in [0.717, 1.165) is 108 Å². The maximum Gasteiger partial charge on any atom is 0.472 e. The van der Waals surface area contributed by atoms with E-state index in [1.54, 1.807) is 0 Å². The van der Waals surface area contributed by atoms with Crippen molar-refractivity contribution in [2.24, 2.45) is 17.8 Å². The zero-order valence-corrected chi connectivity index (χ0v) is 68.9. The normalized spacial score (nSPS) is 13.9. The molecule has 0 spiro atoms. The van der Waals surface area contributed by atoms with Crippen LogP contribution in [0.3, 0.4) is 0 Å². The molecular weight excluding hydrogens is 1330 g/mol. The molecule has 606 valence electrons. The van der Waals surface area contributed by atoms with E-state index in [2.05, 4.69) is 48.5 Å². The van der Waals surface area contributed by atoms with Gasteiger partial charge in [0, 0.05) is 25.7 Å². The van der Waals surface area contributed by atoms with E-state index in [1.165, 1.54) is 244 Å². The van der Waals surface area contributed by atoms with Gasteiger partial charge in [-0.25, -0.2) is 9.13 Å². The number of aliphatic hydroxyl groups is 1. The Labute approximate surface area is 626 Å². The fourth-order valence-electron chi connectivity index (χ4n) is 12.8. The molecule has 19 heteroatoms. The second kappa shape index (κ2) is 73.2. The topological polar surface area (TPSA) is 237 Å². The number of phosphoric acid groups is 2. The molecule has 2 unspecified atom stereocenters. The fraction of sp³-hybridized carbons (Fsp3) is 0.952. The first-order valence-electron chi connectivity index (χ1n) is 42.8. The van der Waals surface area contributed by atoms with Crippen molar-refractivity contribution in [2.45, 2.75) is 452 Å². The van der Waals surface area contributed by atoms with Gasteiger partial charge in [0.15, 0.2) is 12.2 Å². The van der Waals surface area contributed by atoms with Crippen LogP contribution < -0.4 is 0 Å². The Balaban J connectivity index is 5.24. The van der Waals surface area contributed by atoms with Crippen LogP contribution in [-0.4, -0.2) is 96.7 Å². The highest BCUT2D eigenvalue weighted by molar-refractivity contribution is 7.47. The van der Waals surface area contributed by atoms with Crippen LogP contribution in [-0.2, 0) is 65.4 Å². The summed E-state index contributed by atoms with van der Waals surface area (Å²) in [6.07, 6.45) is 62.6. The van der Waals surface area contributed by atoms with Crippen LogP contribution in [0.2, 0.25) is 0 Å². The third-order valence-electron chi connectivity index (χ3n) is 19.4. The minimum Gasteiger partial charge on any atom is -0.462 e. The summed E-state index contributed by atoms with van der Waals surface area (Å²) in [5, 5.41) is 10.7. The van der Waals surface area contributed by atoms with Gasteiger partial charge in [-0.3, -0.25) is 37.3 Å². The first-order valence-corrected chi connectivity index (χ1v) is 45.8. The van der Waals surface area contributed by atoms with Gasteiger partial charge in [-0.15, -0.1) is 0 Å². The van der Waals surface area contributed by atoms with Crippen LogP contribution in [0.15, 0.2) is 0 Å². The van der Waals surface area contributed by atoms with Crippen LogP contribution in [0, 0.1) is 17.8 Å². The minimum absolute atomic E-state index is 0.106. The number of phosphoric ester groups is 2. The lowest BCUT2D eigenvalue weighted by molar-refractivity contribution is -0.161. The molecule has 0 fully saturated rings. The molecule has 0 heterocycles. The molecule has 0 aromatic rings. The summed E-state index contributed by atoms with van der Waals surface area (Å²) in [4.78, 5) is 73.1. The molecule has 0 aliphatic carbocycles. The summed E-state index contributed by atoms with van der Waals surface area (Å²) >= 11 is 0. The Morgan fingerprint density at radius 2 is 0.451 bits per heavy atom. The van der Waals surface area contributed by atoms with Crippen LogP contribution >= 0.6 is 15.6 Å². The first-order chi connectivity index (χ1) is 49.2. The van der Waals surface area contributed by atoms with Gasteiger partial charge < -0.3 is 33.8 Å². The van der Waals surface area contributed by atoms with E-state index in [0.29, 0.717) is 25.7 Å². The monoisotopic (exact) mass is 1490 g/mol. The van der Waals surface area contributed by atoms with Crippen molar-refractivity contribution in [3.63, 3.8) is 0 Å². The second-order valence-corrected chi connectivity index (χ2v) is 34.2. The third kappa shape index (κ3) is 76.3. The molecule has 0 rings (SSSR count). The molecule has 0 aromatic heterocycles. The lowest BCUT2D eigenvalue weighted by Gasteiger charge is -2.21. The average molecular weight is 1490 g/mol. The molecule has 0 radical (unpaired) electrons. The van der Waals surface area contributed by atoms with Gasteiger partial charge in [0.1, 0.15) is 19.3 Å². The van der Waals surface area contributed by atoms with Crippen molar-refractivity contribution in [3.05, 3.63) is 0 Å². The summed E-state index contributed by atoms with van der Waals surface area (Å²) < 4.78 is 68.8.